The van der Waals surface area contributed by atoms with Crippen LogP contribution in [0.1, 0.15) is 16.4 Å². The maximum absolute atomic E-state index is 11.5. The minimum absolute atomic E-state index is 0.0123. The highest BCUT2D eigenvalue weighted by atomic mass is 32.1. The molecular formula is C18H11N3O3S. The summed E-state index contributed by atoms with van der Waals surface area (Å²) in [5, 5.41) is 21.9. The molecule has 25 heavy (non-hydrogen) atoms. The van der Waals surface area contributed by atoms with Gasteiger partial charge in [0.25, 0.3) is 5.69 Å². The smallest absolute Gasteiger partial charge is 0.273 e. The molecule has 0 saturated heterocycles. The molecule has 1 atom stereocenters. The van der Waals surface area contributed by atoms with E-state index in [9.17, 15) is 15.4 Å². The van der Waals surface area contributed by atoms with Gasteiger partial charge in [0.2, 0.25) is 5.88 Å². The van der Waals surface area contributed by atoms with Gasteiger partial charge in [-0.15, -0.1) is 11.3 Å². The number of hydrogen-bond donors (Lipinski definition) is 1. The van der Waals surface area contributed by atoms with Crippen molar-refractivity contribution in [3.05, 3.63) is 80.5 Å². The highest BCUT2D eigenvalue weighted by molar-refractivity contribution is 7.19. The fourth-order valence-electron chi connectivity index (χ4n) is 3.09. The molecule has 7 heteroatoms. The van der Waals surface area contributed by atoms with Gasteiger partial charge in [-0.3, -0.25) is 10.1 Å². The Morgan fingerprint density at radius 2 is 1.92 bits per heavy atom. The molecule has 2 aromatic carbocycles. The van der Waals surface area contributed by atoms with Gasteiger partial charge < -0.3 is 10.5 Å². The summed E-state index contributed by atoms with van der Waals surface area (Å²) in [6.07, 6.45) is 0. The topological polar surface area (TPSA) is 102 Å². The molecule has 1 aliphatic heterocycles. The number of allylic oxidation sites excluding steroid dienone is 1. The van der Waals surface area contributed by atoms with E-state index in [-0.39, 0.29) is 17.1 Å². The summed E-state index contributed by atoms with van der Waals surface area (Å²) >= 11 is 1.46. The Morgan fingerprint density at radius 1 is 1.20 bits per heavy atom. The van der Waals surface area contributed by atoms with Crippen molar-refractivity contribution in [2.75, 3.05) is 0 Å². The van der Waals surface area contributed by atoms with E-state index < -0.39 is 10.8 Å². The van der Waals surface area contributed by atoms with Crippen LogP contribution in [0.5, 0.6) is 5.75 Å². The third kappa shape index (κ3) is 2.23. The van der Waals surface area contributed by atoms with E-state index in [1.807, 2.05) is 24.3 Å². The summed E-state index contributed by atoms with van der Waals surface area (Å²) in [6, 6.07) is 16.1. The van der Waals surface area contributed by atoms with Gasteiger partial charge in [-0.05, 0) is 12.1 Å². The molecule has 4 rings (SSSR count). The number of hydrogen-bond acceptors (Lipinski definition) is 6. The Balaban J connectivity index is 2.05. The predicted molar refractivity (Wildman–Crippen MR) is 94.2 cm³/mol. The van der Waals surface area contributed by atoms with Crippen molar-refractivity contribution in [3.8, 4) is 11.8 Å². The van der Waals surface area contributed by atoms with E-state index in [0.717, 1.165) is 15.0 Å². The van der Waals surface area contributed by atoms with Crippen LogP contribution in [-0.4, -0.2) is 4.92 Å². The van der Waals surface area contributed by atoms with Gasteiger partial charge in [-0.2, -0.15) is 5.26 Å². The summed E-state index contributed by atoms with van der Waals surface area (Å²) < 4.78 is 6.69. The highest BCUT2D eigenvalue weighted by Crippen LogP contribution is 2.51. The zero-order valence-electron chi connectivity index (χ0n) is 12.8. The Morgan fingerprint density at radius 3 is 2.68 bits per heavy atom. The van der Waals surface area contributed by atoms with Crippen LogP contribution in [-0.2, 0) is 0 Å². The number of thiophene rings is 1. The van der Waals surface area contributed by atoms with Crippen molar-refractivity contribution < 1.29 is 9.66 Å². The standard InChI is InChI=1S/C18H11N3O3S/c19-9-12-15(10-5-1-3-7-13(10)21(22)23)17-16(24-18(12)20)11-6-2-4-8-14(11)25-17/h1-8,15H,20H2/t15-/m0/s1. The third-order valence-electron chi connectivity index (χ3n) is 4.17. The van der Waals surface area contributed by atoms with Crippen LogP contribution in [0.15, 0.2) is 60.0 Å². The van der Waals surface area contributed by atoms with Gasteiger partial charge in [0.05, 0.1) is 15.7 Å². The van der Waals surface area contributed by atoms with E-state index >= 15 is 0 Å². The summed E-state index contributed by atoms with van der Waals surface area (Å²) in [7, 11) is 0. The highest BCUT2D eigenvalue weighted by Gasteiger charge is 2.37. The number of para-hydroxylation sites is 1. The molecule has 6 nitrogen and oxygen atoms in total. The zero-order chi connectivity index (χ0) is 17.6. The Kier molecular flexibility index (Phi) is 3.41. The van der Waals surface area contributed by atoms with Crippen LogP contribution < -0.4 is 10.5 Å². The lowest BCUT2D eigenvalue weighted by Gasteiger charge is -2.23. The molecule has 0 spiro atoms. The first kappa shape index (κ1) is 15.2. The van der Waals surface area contributed by atoms with Crippen molar-refractivity contribution in [1.29, 1.82) is 5.26 Å². The Hall–Kier alpha value is -3.37. The summed E-state index contributed by atoms with van der Waals surface area (Å²) in [6.45, 7) is 0. The quantitative estimate of drug-likeness (QED) is 0.556. The molecule has 3 aromatic rings. The molecule has 122 valence electrons. The van der Waals surface area contributed by atoms with Gasteiger partial charge in [-0.25, -0.2) is 0 Å². The van der Waals surface area contributed by atoms with Crippen molar-refractivity contribution in [1.82, 2.24) is 0 Å². The first-order chi connectivity index (χ1) is 12.1. The van der Waals surface area contributed by atoms with E-state index in [0.29, 0.717) is 11.3 Å². The van der Waals surface area contributed by atoms with Crippen LogP contribution in [0.3, 0.4) is 0 Å². The second-order valence-electron chi connectivity index (χ2n) is 5.53. The number of nitriles is 1. The average molecular weight is 349 g/mol. The van der Waals surface area contributed by atoms with Crippen molar-refractivity contribution in [2.24, 2.45) is 5.73 Å². The molecule has 0 fully saturated rings. The molecule has 0 aliphatic carbocycles. The molecular weight excluding hydrogens is 338 g/mol. The lowest BCUT2D eigenvalue weighted by Crippen LogP contribution is -2.20. The zero-order valence-corrected chi connectivity index (χ0v) is 13.6. The van der Waals surface area contributed by atoms with E-state index in [2.05, 4.69) is 6.07 Å². The normalized spacial score (nSPS) is 16.2. The first-order valence-corrected chi connectivity index (χ1v) is 8.25. The number of ether oxygens (including phenoxy) is 1. The van der Waals surface area contributed by atoms with E-state index in [1.165, 1.54) is 17.4 Å². The number of nitro groups is 1. The Labute approximate surface area is 146 Å². The van der Waals surface area contributed by atoms with Crippen molar-refractivity contribution >= 4 is 27.1 Å². The van der Waals surface area contributed by atoms with Gasteiger partial charge in [0.1, 0.15) is 11.6 Å². The maximum Gasteiger partial charge on any atom is 0.273 e. The predicted octanol–water partition coefficient (Wildman–Crippen LogP) is 4.03. The Bertz CT molecular complexity index is 1090. The monoisotopic (exact) mass is 349 g/mol. The van der Waals surface area contributed by atoms with Crippen LogP contribution >= 0.6 is 11.3 Å². The summed E-state index contributed by atoms with van der Waals surface area (Å²) in [5.41, 5.74) is 6.56. The van der Waals surface area contributed by atoms with Crippen molar-refractivity contribution in [2.45, 2.75) is 5.92 Å². The molecule has 0 amide bonds. The number of nitrogens with two attached hydrogens (primary N) is 1. The van der Waals surface area contributed by atoms with Gasteiger partial charge >= 0.3 is 0 Å². The molecule has 0 saturated carbocycles. The van der Waals surface area contributed by atoms with Gasteiger partial charge in [-0.1, -0.05) is 30.3 Å². The number of benzene rings is 2. The molecule has 0 radical (unpaired) electrons. The molecule has 1 aromatic heterocycles. The van der Waals surface area contributed by atoms with Crippen LogP contribution in [0, 0.1) is 21.4 Å². The second-order valence-corrected chi connectivity index (χ2v) is 6.62. The number of nitro benzene ring substituents is 1. The van der Waals surface area contributed by atoms with Crippen LogP contribution in [0.2, 0.25) is 0 Å². The SMILES string of the molecule is N#CC1=C(N)Oc2c(sc3ccccc23)[C@H]1c1ccccc1[N+](=O)[O-]. The second kappa shape index (κ2) is 5.61. The third-order valence-corrected chi connectivity index (χ3v) is 5.39. The first-order valence-electron chi connectivity index (χ1n) is 7.44. The lowest BCUT2D eigenvalue weighted by molar-refractivity contribution is -0.385. The molecule has 1 aliphatic rings. The molecule has 2 N–H and O–H groups in total. The molecule has 0 bridgehead atoms. The lowest BCUT2D eigenvalue weighted by atomic mass is 9.87. The summed E-state index contributed by atoms with van der Waals surface area (Å²) in [4.78, 5) is 11.8. The molecule has 2 heterocycles. The fourth-order valence-corrected chi connectivity index (χ4v) is 4.35. The van der Waals surface area contributed by atoms with Gasteiger partial charge in [0, 0.05) is 21.7 Å². The minimum Gasteiger partial charge on any atom is -0.439 e. The van der Waals surface area contributed by atoms with Crippen LogP contribution in [0.4, 0.5) is 5.69 Å². The summed E-state index contributed by atoms with van der Waals surface area (Å²) in [5.74, 6) is -0.0605. The number of fused-ring (bicyclic) bond motifs is 3. The molecule has 0 unspecified atom stereocenters. The van der Waals surface area contributed by atoms with Crippen LogP contribution in [0.25, 0.3) is 10.1 Å². The van der Waals surface area contributed by atoms with E-state index in [4.69, 9.17) is 10.5 Å². The maximum atomic E-state index is 11.5. The van der Waals surface area contributed by atoms with Gasteiger partial charge in [0.15, 0.2) is 5.75 Å². The average Bonchev–Trinajstić information content (AvgIpc) is 2.98. The fraction of sp³-hybridized carbons (Fsp3) is 0.0556. The minimum atomic E-state index is -0.618. The largest absolute Gasteiger partial charge is 0.439 e. The van der Waals surface area contributed by atoms with Crippen molar-refractivity contribution in [3.63, 3.8) is 0 Å². The number of rotatable bonds is 2. The number of nitrogens with zero attached hydrogens (tertiary/aromatic N) is 2. The van der Waals surface area contributed by atoms with E-state index in [1.54, 1.807) is 18.2 Å².